The Morgan fingerprint density at radius 2 is 2.05 bits per heavy atom. The smallest absolute Gasteiger partial charge is 0.0639 e. The average Bonchev–Trinajstić information content (AvgIpc) is 2.43. The van der Waals surface area contributed by atoms with Crippen LogP contribution in [0.5, 0.6) is 0 Å². The molecule has 0 spiro atoms. The fraction of sp³-hybridized carbons (Fsp3) is 0.529. The molecule has 0 amide bonds. The molecule has 0 aromatic heterocycles. The van der Waals surface area contributed by atoms with E-state index >= 15 is 0 Å². The van der Waals surface area contributed by atoms with Gasteiger partial charge in [0, 0.05) is 43.8 Å². The number of aliphatic hydroxyl groups is 1. The average molecular weight is 309 g/mol. The van der Waals surface area contributed by atoms with Crippen molar-refractivity contribution in [1.82, 2.24) is 9.80 Å². The molecule has 0 bridgehead atoms. The van der Waals surface area contributed by atoms with E-state index in [4.69, 9.17) is 11.6 Å². The fourth-order valence-corrected chi connectivity index (χ4v) is 2.88. The van der Waals surface area contributed by atoms with E-state index in [1.54, 1.807) is 0 Å². The summed E-state index contributed by atoms with van der Waals surface area (Å²) in [6.07, 6.45) is 4.10. The molecule has 1 saturated heterocycles. The van der Waals surface area contributed by atoms with Crippen molar-refractivity contribution in [2.24, 2.45) is 0 Å². The van der Waals surface area contributed by atoms with Gasteiger partial charge >= 0.3 is 0 Å². The van der Waals surface area contributed by atoms with Gasteiger partial charge in [-0.1, -0.05) is 35.9 Å². The summed E-state index contributed by atoms with van der Waals surface area (Å²) >= 11 is 5.88. The quantitative estimate of drug-likeness (QED) is 0.906. The highest BCUT2D eigenvalue weighted by molar-refractivity contribution is 6.30. The molecular formula is C17H25ClN2O. The van der Waals surface area contributed by atoms with E-state index in [1.807, 2.05) is 31.2 Å². The summed E-state index contributed by atoms with van der Waals surface area (Å²) in [4.78, 5) is 4.82. The lowest BCUT2D eigenvalue weighted by molar-refractivity contribution is 0.0495. The van der Waals surface area contributed by atoms with Crippen molar-refractivity contribution in [2.75, 3.05) is 32.7 Å². The highest BCUT2D eigenvalue weighted by atomic mass is 35.5. The first-order chi connectivity index (χ1) is 10.0. The predicted octanol–water partition coefficient (Wildman–Crippen LogP) is 2.74. The third-order valence-corrected chi connectivity index (χ3v) is 4.14. The number of piperazine rings is 1. The Hall–Kier alpha value is -0.870. The molecule has 1 heterocycles. The topological polar surface area (TPSA) is 26.7 Å². The number of rotatable bonds is 5. The molecule has 0 radical (unpaired) electrons. The Labute approximate surface area is 132 Å². The number of hydrogen-bond acceptors (Lipinski definition) is 3. The van der Waals surface area contributed by atoms with Gasteiger partial charge in [-0.05, 0) is 31.5 Å². The van der Waals surface area contributed by atoms with Gasteiger partial charge in [-0.2, -0.15) is 0 Å². The first kappa shape index (κ1) is 16.5. The van der Waals surface area contributed by atoms with Crippen LogP contribution in [-0.2, 0) is 0 Å². The molecule has 21 heavy (non-hydrogen) atoms. The van der Waals surface area contributed by atoms with E-state index in [1.165, 1.54) is 5.56 Å². The van der Waals surface area contributed by atoms with Crippen molar-refractivity contribution in [1.29, 1.82) is 0 Å². The zero-order valence-electron chi connectivity index (χ0n) is 12.9. The van der Waals surface area contributed by atoms with E-state index in [2.05, 4.69) is 28.9 Å². The van der Waals surface area contributed by atoms with Crippen molar-refractivity contribution in [2.45, 2.75) is 26.0 Å². The molecule has 1 aliphatic heterocycles. The van der Waals surface area contributed by atoms with Crippen LogP contribution >= 0.6 is 11.6 Å². The van der Waals surface area contributed by atoms with Crippen LogP contribution in [0.2, 0.25) is 5.02 Å². The SMILES string of the molecule is CC(O)CN1CCN(C/C=C/c2ccc(Cl)cc2)CC1C. The molecule has 2 rings (SSSR count). The van der Waals surface area contributed by atoms with E-state index in [-0.39, 0.29) is 6.10 Å². The minimum Gasteiger partial charge on any atom is -0.392 e. The lowest BCUT2D eigenvalue weighted by Gasteiger charge is -2.40. The maximum atomic E-state index is 9.50. The van der Waals surface area contributed by atoms with Gasteiger partial charge < -0.3 is 5.11 Å². The monoisotopic (exact) mass is 308 g/mol. The summed E-state index contributed by atoms with van der Waals surface area (Å²) in [5.74, 6) is 0. The Morgan fingerprint density at radius 1 is 1.33 bits per heavy atom. The van der Waals surface area contributed by atoms with Crippen molar-refractivity contribution >= 4 is 17.7 Å². The Bertz CT molecular complexity index is 458. The first-order valence-electron chi connectivity index (χ1n) is 7.61. The molecule has 4 heteroatoms. The van der Waals surface area contributed by atoms with Crippen molar-refractivity contribution in [3.05, 3.63) is 40.9 Å². The molecule has 1 aromatic carbocycles. The normalized spacial score (nSPS) is 22.8. The van der Waals surface area contributed by atoms with E-state index in [0.717, 1.165) is 37.7 Å². The van der Waals surface area contributed by atoms with Gasteiger partial charge in [-0.3, -0.25) is 9.80 Å². The van der Waals surface area contributed by atoms with Crippen LogP contribution in [0.4, 0.5) is 0 Å². The zero-order valence-corrected chi connectivity index (χ0v) is 13.6. The second kappa shape index (κ2) is 7.95. The third-order valence-electron chi connectivity index (χ3n) is 3.89. The largest absolute Gasteiger partial charge is 0.392 e. The van der Waals surface area contributed by atoms with Gasteiger partial charge in [0.05, 0.1) is 6.10 Å². The Morgan fingerprint density at radius 3 is 2.67 bits per heavy atom. The lowest BCUT2D eigenvalue weighted by Crippen LogP contribution is -2.53. The number of benzene rings is 1. The van der Waals surface area contributed by atoms with Gasteiger partial charge in [-0.25, -0.2) is 0 Å². The molecule has 0 saturated carbocycles. The highest BCUT2D eigenvalue weighted by Crippen LogP contribution is 2.12. The van der Waals surface area contributed by atoms with E-state index in [9.17, 15) is 5.11 Å². The second-order valence-corrected chi connectivity index (χ2v) is 6.34. The van der Waals surface area contributed by atoms with Crippen LogP contribution in [0, 0.1) is 0 Å². The van der Waals surface area contributed by atoms with E-state index < -0.39 is 0 Å². The Kier molecular flexibility index (Phi) is 6.24. The van der Waals surface area contributed by atoms with Crippen molar-refractivity contribution < 1.29 is 5.11 Å². The standard InChI is InChI=1S/C17H25ClN2O/c1-14-12-19(10-11-20(14)13-15(2)21)9-3-4-16-5-7-17(18)8-6-16/h3-8,14-15,21H,9-13H2,1-2H3/b4-3+. The minimum atomic E-state index is -0.246. The number of halogens is 1. The summed E-state index contributed by atoms with van der Waals surface area (Å²) in [5, 5.41) is 10.3. The molecule has 1 N–H and O–H groups in total. The molecule has 116 valence electrons. The van der Waals surface area contributed by atoms with Crippen LogP contribution in [0.1, 0.15) is 19.4 Å². The molecule has 1 fully saturated rings. The van der Waals surface area contributed by atoms with Crippen LogP contribution in [-0.4, -0.2) is 59.8 Å². The third kappa shape index (κ3) is 5.44. The summed E-state index contributed by atoms with van der Waals surface area (Å²) in [7, 11) is 0. The number of aliphatic hydroxyl groups excluding tert-OH is 1. The molecule has 0 aliphatic carbocycles. The zero-order chi connectivity index (χ0) is 15.2. The molecular weight excluding hydrogens is 284 g/mol. The summed E-state index contributed by atoms with van der Waals surface area (Å²) in [5.41, 5.74) is 1.18. The minimum absolute atomic E-state index is 0.246. The fourth-order valence-electron chi connectivity index (χ4n) is 2.76. The molecule has 1 aromatic rings. The molecule has 2 unspecified atom stereocenters. The van der Waals surface area contributed by atoms with Crippen LogP contribution in [0.15, 0.2) is 30.3 Å². The molecule has 1 aliphatic rings. The van der Waals surface area contributed by atoms with Crippen LogP contribution < -0.4 is 0 Å². The van der Waals surface area contributed by atoms with Crippen LogP contribution in [0.3, 0.4) is 0 Å². The van der Waals surface area contributed by atoms with Gasteiger partial charge in [-0.15, -0.1) is 0 Å². The maximum absolute atomic E-state index is 9.50. The molecule has 3 nitrogen and oxygen atoms in total. The summed E-state index contributed by atoms with van der Waals surface area (Å²) < 4.78 is 0. The predicted molar refractivity (Wildman–Crippen MR) is 89.6 cm³/mol. The van der Waals surface area contributed by atoms with Gasteiger partial charge in [0.1, 0.15) is 0 Å². The van der Waals surface area contributed by atoms with Crippen LogP contribution in [0.25, 0.3) is 6.08 Å². The maximum Gasteiger partial charge on any atom is 0.0639 e. The Balaban J connectivity index is 1.78. The van der Waals surface area contributed by atoms with E-state index in [0.29, 0.717) is 6.04 Å². The number of hydrogen-bond donors (Lipinski definition) is 1. The lowest BCUT2D eigenvalue weighted by atomic mass is 10.1. The van der Waals surface area contributed by atoms with Crippen molar-refractivity contribution in [3.8, 4) is 0 Å². The van der Waals surface area contributed by atoms with Gasteiger partial charge in [0.15, 0.2) is 0 Å². The highest BCUT2D eigenvalue weighted by Gasteiger charge is 2.23. The second-order valence-electron chi connectivity index (χ2n) is 5.91. The van der Waals surface area contributed by atoms with Gasteiger partial charge in [0.2, 0.25) is 0 Å². The summed E-state index contributed by atoms with van der Waals surface area (Å²) in [6.45, 7) is 8.97. The summed E-state index contributed by atoms with van der Waals surface area (Å²) in [6, 6.07) is 8.39. The van der Waals surface area contributed by atoms with Gasteiger partial charge in [0.25, 0.3) is 0 Å². The molecule has 2 atom stereocenters. The number of β-amino-alcohol motifs (C(OH)–C–C–N with tert-alkyl or cyclic N) is 1. The van der Waals surface area contributed by atoms with Crippen molar-refractivity contribution in [3.63, 3.8) is 0 Å². The number of nitrogens with zero attached hydrogens (tertiary/aromatic N) is 2. The first-order valence-corrected chi connectivity index (χ1v) is 7.99.